The predicted octanol–water partition coefficient (Wildman–Crippen LogP) is 5.10. The number of hydrogen-bond donors (Lipinski definition) is 3. The van der Waals surface area contributed by atoms with Crippen LogP contribution >= 0.6 is 23.1 Å². The van der Waals surface area contributed by atoms with Crippen molar-refractivity contribution in [2.24, 2.45) is 5.92 Å². The van der Waals surface area contributed by atoms with E-state index in [9.17, 15) is 4.79 Å². The average Bonchev–Trinajstić information content (AvgIpc) is 3.32. The van der Waals surface area contributed by atoms with Crippen LogP contribution in [-0.2, 0) is 12.8 Å². The molecule has 3 aromatic rings. The molecular weight excluding hydrogens is 428 g/mol. The van der Waals surface area contributed by atoms with E-state index in [2.05, 4.69) is 32.1 Å². The smallest absolute Gasteiger partial charge is 0.259 e. The number of allylic oxidation sites excluding steroid dienone is 1. The molecule has 1 amide bonds. The summed E-state index contributed by atoms with van der Waals surface area (Å²) in [6.07, 6.45) is 11.4. The minimum absolute atomic E-state index is 0.261. The lowest BCUT2D eigenvalue weighted by molar-refractivity contribution is 0.102. The van der Waals surface area contributed by atoms with E-state index in [-0.39, 0.29) is 5.91 Å². The molecule has 0 unspecified atom stereocenters. The number of anilines is 2. The summed E-state index contributed by atoms with van der Waals surface area (Å²) in [5, 5.41) is 11.3. The van der Waals surface area contributed by atoms with Crippen molar-refractivity contribution in [3.8, 4) is 0 Å². The Hall–Kier alpha value is -2.65. The number of nitrogens with one attached hydrogen (secondary N) is 2. The molecule has 1 saturated carbocycles. The highest BCUT2D eigenvalue weighted by Crippen LogP contribution is 2.34. The van der Waals surface area contributed by atoms with Gasteiger partial charge in [-0.3, -0.25) is 15.2 Å². The van der Waals surface area contributed by atoms with Gasteiger partial charge >= 0.3 is 0 Å². The van der Waals surface area contributed by atoms with Gasteiger partial charge in [0.1, 0.15) is 5.82 Å². The normalized spacial score (nSPS) is 13.3. The Morgan fingerprint density at radius 3 is 3.06 bits per heavy atom. The number of hydrogen-bond acceptors (Lipinski definition) is 7. The van der Waals surface area contributed by atoms with Crippen molar-refractivity contribution < 1.29 is 4.79 Å². The van der Waals surface area contributed by atoms with Crippen LogP contribution in [0.5, 0.6) is 0 Å². The van der Waals surface area contributed by atoms with Gasteiger partial charge in [-0.25, -0.2) is 9.97 Å². The Morgan fingerprint density at radius 2 is 2.26 bits per heavy atom. The van der Waals surface area contributed by atoms with Crippen LogP contribution in [0.25, 0.3) is 0 Å². The molecule has 1 aliphatic rings. The summed E-state index contributed by atoms with van der Waals surface area (Å²) in [6, 6.07) is 5.37. The van der Waals surface area contributed by atoms with Gasteiger partial charge < -0.3 is 5.73 Å². The van der Waals surface area contributed by atoms with E-state index in [1.54, 1.807) is 12.1 Å². The Labute approximate surface area is 190 Å². The van der Waals surface area contributed by atoms with Gasteiger partial charge in [-0.2, -0.15) is 0 Å². The molecule has 0 aliphatic heterocycles. The molecule has 1 aliphatic carbocycles. The largest absolute Gasteiger partial charge is 0.398 e. The van der Waals surface area contributed by atoms with Crippen LogP contribution in [0.1, 0.15) is 53.2 Å². The number of H-pyrrole nitrogens is 1. The van der Waals surface area contributed by atoms with Crippen molar-refractivity contribution >= 4 is 39.8 Å². The number of aromatic amines is 1. The van der Waals surface area contributed by atoms with Crippen molar-refractivity contribution in [1.82, 2.24) is 20.2 Å². The average molecular weight is 455 g/mol. The third kappa shape index (κ3) is 6.18. The molecule has 7 nitrogen and oxygen atoms in total. The first-order valence-corrected chi connectivity index (χ1v) is 12.1. The summed E-state index contributed by atoms with van der Waals surface area (Å²) in [5.74, 6) is 1.47. The molecule has 0 bridgehead atoms. The van der Waals surface area contributed by atoms with Crippen LogP contribution in [0.15, 0.2) is 47.1 Å². The number of carbonyl (C=O) groups excluding carboxylic acids is 1. The summed E-state index contributed by atoms with van der Waals surface area (Å²) in [6.45, 7) is 3.73. The van der Waals surface area contributed by atoms with E-state index in [0.717, 1.165) is 42.3 Å². The standard InChI is InChI=1S/C22H26N6OS2/c1-2-3-4-5-19-25-22(28-27-19)30-15-10-11-18(23)17(12-15)20(29)26-21-24-13-16(31-21)9-8-14-6-7-14/h2,10-14H,1,3-9,23H2,(H,24,26,29)(H,25,27,28). The van der Waals surface area contributed by atoms with Crippen molar-refractivity contribution in [3.05, 3.63) is 53.3 Å². The molecule has 31 heavy (non-hydrogen) atoms. The van der Waals surface area contributed by atoms with Gasteiger partial charge in [-0.15, -0.1) is 23.0 Å². The lowest BCUT2D eigenvalue weighted by atomic mass is 10.1. The van der Waals surface area contributed by atoms with Gasteiger partial charge in [0.15, 0.2) is 5.13 Å². The molecule has 4 N–H and O–H groups in total. The first-order chi connectivity index (χ1) is 15.1. The second kappa shape index (κ2) is 10.1. The number of benzene rings is 1. The van der Waals surface area contributed by atoms with E-state index >= 15 is 0 Å². The van der Waals surface area contributed by atoms with Gasteiger partial charge in [0.2, 0.25) is 5.16 Å². The molecule has 0 saturated heterocycles. The van der Waals surface area contributed by atoms with E-state index in [4.69, 9.17) is 5.73 Å². The van der Waals surface area contributed by atoms with Crippen LogP contribution in [0, 0.1) is 5.92 Å². The highest BCUT2D eigenvalue weighted by atomic mass is 32.2. The quantitative estimate of drug-likeness (QED) is 0.211. The van der Waals surface area contributed by atoms with Gasteiger partial charge in [0.25, 0.3) is 5.91 Å². The zero-order chi connectivity index (χ0) is 21.6. The number of rotatable bonds is 11. The molecule has 0 radical (unpaired) electrons. The molecular formula is C22H26N6OS2. The highest BCUT2D eigenvalue weighted by Gasteiger charge is 2.21. The van der Waals surface area contributed by atoms with Gasteiger partial charge in [0, 0.05) is 28.1 Å². The molecule has 0 atom stereocenters. The second-order valence-electron chi connectivity index (χ2n) is 7.66. The van der Waals surface area contributed by atoms with E-state index in [0.29, 0.717) is 21.5 Å². The number of carbonyl (C=O) groups is 1. The van der Waals surface area contributed by atoms with Crippen molar-refractivity contribution in [2.45, 2.75) is 55.0 Å². The van der Waals surface area contributed by atoms with E-state index in [1.165, 1.54) is 47.2 Å². The third-order valence-electron chi connectivity index (χ3n) is 5.08. The van der Waals surface area contributed by atoms with Crippen LogP contribution in [0.2, 0.25) is 0 Å². The molecule has 1 aromatic carbocycles. The minimum atomic E-state index is -0.261. The number of amides is 1. The van der Waals surface area contributed by atoms with Crippen molar-refractivity contribution in [1.29, 1.82) is 0 Å². The zero-order valence-electron chi connectivity index (χ0n) is 17.3. The fraction of sp³-hybridized carbons (Fsp3) is 0.364. The van der Waals surface area contributed by atoms with E-state index < -0.39 is 0 Å². The first-order valence-electron chi connectivity index (χ1n) is 10.5. The second-order valence-corrected chi connectivity index (χ2v) is 9.82. The predicted molar refractivity (Wildman–Crippen MR) is 126 cm³/mol. The number of nitrogen functional groups attached to an aromatic ring is 1. The number of nitrogens with zero attached hydrogens (tertiary/aromatic N) is 3. The monoisotopic (exact) mass is 454 g/mol. The van der Waals surface area contributed by atoms with Crippen LogP contribution in [0.3, 0.4) is 0 Å². The maximum Gasteiger partial charge on any atom is 0.259 e. The lowest BCUT2D eigenvalue weighted by Gasteiger charge is -2.07. The number of thiazole rings is 1. The SMILES string of the molecule is C=CCCCc1nc(Sc2ccc(N)c(C(=O)Nc3ncc(CCC4CC4)s3)c2)n[nH]1. The molecule has 9 heteroatoms. The molecule has 0 spiro atoms. The molecule has 162 valence electrons. The minimum Gasteiger partial charge on any atom is -0.398 e. The fourth-order valence-corrected chi connectivity index (χ4v) is 4.74. The summed E-state index contributed by atoms with van der Waals surface area (Å²) in [5.41, 5.74) is 6.91. The summed E-state index contributed by atoms with van der Waals surface area (Å²) >= 11 is 2.92. The highest BCUT2D eigenvalue weighted by molar-refractivity contribution is 7.99. The molecule has 2 heterocycles. The summed E-state index contributed by atoms with van der Waals surface area (Å²) in [4.78, 5) is 23.7. The fourth-order valence-electron chi connectivity index (χ4n) is 3.15. The zero-order valence-corrected chi connectivity index (χ0v) is 18.9. The summed E-state index contributed by atoms with van der Waals surface area (Å²) in [7, 11) is 0. The Bertz CT molecular complexity index is 1060. The molecule has 1 fully saturated rings. The van der Waals surface area contributed by atoms with Crippen LogP contribution in [0.4, 0.5) is 10.8 Å². The van der Waals surface area contributed by atoms with Gasteiger partial charge in [0.05, 0.1) is 5.56 Å². The number of aromatic nitrogens is 4. The number of aryl methyl sites for hydroxylation is 2. The molecule has 2 aromatic heterocycles. The van der Waals surface area contributed by atoms with Gasteiger partial charge in [-0.05, 0) is 61.6 Å². The number of unbranched alkanes of at least 4 members (excludes halogenated alkanes) is 1. The summed E-state index contributed by atoms with van der Waals surface area (Å²) < 4.78 is 0. The van der Waals surface area contributed by atoms with Gasteiger partial charge in [-0.1, -0.05) is 18.9 Å². The maximum atomic E-state index is 12.8. The van der Waals surface area contributed by atoms with Crippen LogP contribution in [-0.4, -0.2) is 26.1 Å². The third-order valence-corrected chi connectivity index (χ3v) is 6.91. The molecule has 4 rings (SSSR count). The lowest BCUT2D eigenvalue weighted by Crippen LogP contribution is -2.14. The Balaban J connectivity index is 1.37. The van der Waals surface area contributed by atoms with Crippen LogP contribution < -0.4 is 11.1 Å². The topological polar surface area (TPSA) is 110 Å². The Morgan fingerprint density at radius 1 is 1.39 bits per heavy atom. The number of nitrogens with two attached hydrogens (primary N) is 1. The Kier molecular flexibility index (Phi) is 7.03. The first kappa shape index (κ1) is 21.6. The van der Waals surface area contributed by atoms with E-state index in [1.807, 2.05) is 18.3 Å². The van der Waals surface area contributed by atoms with Crippen molar-refractivity contribution in [2.75, 3.05) is 11.1 Å². The maximum absolute atomic E-state index is 12.8. The van der Waals surface area contributed by atoms with Crippen molar-refractivity contribution in [3.63, 3.8) is 0 Å².